The highest BCUT2D eigenvalue weighted by molar-refractivity contribution is 7.99. The second-order valence-electron chi connectivity index (χ2n) is 3.54. The van der Waals surface area contributed by atoms with Crippen molar-refractivity contribution in [2.45, 2.75) is 31.5 Å². The Morgan fingerprint density at radius 3 is 3.25 bits per heavy atom. The van der Waals surface area contributed by atoms with Crippen LogP contribution in [-0.2, 0) is 9.47 Å². The van der Waals surface area contributed by atoms with Crippen LogP contribution in [0, 0.1) is 0 Å². The first-order chi connectivity index (χ1) is 5.87. The smallest absolute Gasteiger partial charge is 0.104 e. The Kier molecular flexibility index (Phi) is 2.63. The molecule has 2 nitrogen and oxygen atoms in total. The van der Waals surface area contributed by atoms with Crippen LogP contribution >= 0.6 is 11.8 Å². The number of fused-ring (bicyclic) bond motifs is 1. The molecule has 0 aromatic rings. The molecule has 2 rings (SSSR count). The van der Waals surface area contributed by atoms with Gasteiger partial charge in [0.1, 0.15) is 5.60 Å². The molecule has 0 aliphatic carbocycles. The van der Waals surface area contributed by atoms with Crippen molar-refractivity contribution in [1.82, 2.24) is 0 Å². The monoisotopic (exact) mass is 188 g/mol. The molecule has 3 heteroatoms. The van der Waals surface area contributed by atoms with E-state index in [-0.39, 0.29) is 5.60 Å². The fourth-order valence-electron chi connectivity index (χ4n) is 2.08. The Labute approximate surface area is 78.0 Å². The van der Waals surface area contributed by atoms with E-state index in [9.17, 15) is 0 Å². The van der Waals surface area contributed by atoms with Gasteiger partial charge in [0.25, 0.3) is 0 Å². The zero-order valence-electron chi connectivity index (χ0n) is 7.54. The van der Waals surface area contributed by atoms with Crippen LogP contribution in [0.25, 0.3) is 0 Å². The second kappa shape index (κ2) is 3.56. The number of ether oxygens (including phenoxy) is 2. The van der Waals surface area contributed by atoms with Gasteiger partial charge in [0, 0.05) is 11.5 Å². The zero-order valence-corrected chi connectivity index (χ0v) is 8.36. The maximum Gasteiger partial charge on any atom is 0.104 e. The lowest BCUT2D eigenvalue weighted by Crippen LogP contribution is -2.50. The third kappa shape index (κ3) is 1.38. The predicted molar refractivity (Wildman–Crippen MR) is 50.7 cm³/mol. The number of hydrogen-bond acceptors (Lipinski definition) is 3. The first-order valence-electron chi connectivity index (χ1n) is 4.71. The lowest BCUT2D eigenvalue weighted by molar-refractivity contribution is -0.182. The maximum absolute atomic E-state index is 5.88. The Balaban J connectivity index is 2.06. The van der Waals surface area contributed by atoms with Crippen LogP contribution in [0.4, 0.5) is 0 Å². The summed E-state index contributed by atoms with van der Waals surface area (Å²) in [5, 5.41) is 0. The first-order valence-corrected chi connectivity index (χ1v) is 5.86. The van der Waals surface area contributed by atoms with Crippen LogP contribution in [-0.4, -0.2) is 36.4 Å². The SMILES string of the molecule is CCCC12CSCC1OCCO2. The van der Waals surface area contributed by atoms with E-state index < -0.39 is 0 Å². The van der Waals surface area contributed by atoms with Crippen molar-refractivity contribution in [3.8, 4) is 0 Å². The molecule has 2 heterocycles. The van der Waals surface area contributed by atoms with Gasteiger partial charge in [-0.05, 0) is 6.42 Å². The van der Waals surface area contributed by atoms with E-state index in [0.717, 1.165) is 31.1 Å². The summed E-state index contributed by atoms with van der Waals surface area (Å²) in [6.45, 7) is 3.79. The highest BCUT2D eigenvalue weighted by Crippen LogP contribution is 2.39. The molecule has 70 valence electrons. The van der Waals surface area contributed by atoms with Gasteiger partial charge in [-0.2, -0.15) is 11.8 Å². The highest BCUT2D eigenvalue weighted by atomic mass is 32.2. The summed E-state index contributed by atoms with van der Waals surface area (Å²) in [5.74, 6) is 2.26. The van der Waals surface area contributed by atoms with Gasteiger partial charge in [-0.1, -0.05) is 13.3 Å². The molecule has 0 aromatic carbocycles. The Morgan fingerprint density at radius 1 is 1.50 bits per heavy atom. The van der Waals surface area contributed by atoms with E-state index in [1.54, 1.807) is 0 Å². The fourth-order valence-corrected chi connectivity index (χ4v) is 3.57. The van der Waals surface area contributed by atoms with Gasteiger partial charge in [-0.3, -0.25) is 0 Å². The molecular formula is C9H16O2S. The van der Waals surface area contributed by atoms with Crippen molar-refractivity contribution in [3.63, 3.8) is 0 Å². The Hall–Kier alpha value is 0.270. The molecule has 12 heavy (non-hydrogen) atoms. The molecule has 0 amide bonds. The van der Waals surface area contributed by atoms with Crippen molar-refractivity contribution in [2.24, 2.45) is 0 Å². The number of rotatable bonds is 2. The molecule has 0 bridgehead atoms. The highest BCUT2D eigenvalue weighted by Gasteiger charge is 2.46. The Morgan fingerprint density at radius 2 is 2.42 bits per heavy atom. The second-order valence-corrected chi connectivity index (χ2v) is 4.57. The maximum atomic E-state index is 5.88. The van der Waals surface area contributed by atoms with Crippen molar-refractivity contribution in [1.29, 1.82) is 0 Å². The molecule has 2 aliphatic heterocycles. The van der Waals surface area contributed by atoms with Gasteiger partial charge in [-0.25, -0.2) is 0 Å². The van der Waals surface area contributed by atoms with Crippen LogP contribution in [0.2, 0.25) is 0 Å². The normalized spacial score (nSPS) is 41.2. The molecule has 0 saturated carbocycles. The van der Waals surface area contributed by atoms with E-state index in [4.69, 9.17) is 9.47 Å². The summed E-state index contributed by atoms with van der Waals surface area (Å²) in [6, 6.07) is 0. The summed E-state index contributed by atoms with van der Waals surface area (Å²) < 4.78 is 11.6. The molecule has 2 unspecified atom stereocenters. The quantitative estimate of drug-likeness (QED) is 0.657. The minimum atomic E-state index is 0.0810. The lowest BCUT2D eigenvalue weighted by Gasteiger charge is -2.38. The van der Waals surface area contributed by atoms with Crippen molar-refractivity contribution in [2.75, 3.05) is 24.7 Å². The molecule has 0 aromatic heterocycles. The Bertz CT molecular complexity index is 159. The zero-order chi connectivity index (χ0) is 8.44. The molecule has 0 radical (unpaired) electrons. The number of thioether (sulfide) groups is 1. The molecule has 2 atom stereocenters. The summed E-state index contributed by atoms with van der Waals surface area (Å²) in [7, 11) is 0. The molecule has 2 aliphatic rings. The van der Waals surface area contributed by atoms with E-state index in [0.29, 0.717) is 6.10 Å². The summed E-state index contributed by atoms with van der Waals surface area (Å²) in [6.07, 6.45) is 2.72. The average molecular weight is 188 g/mol. The van der Waals surface area contributed by atoms with Crippen molar-refractivity contribution >= 4 is 11.8 Å². The van der Waals surface area contributed by atoms with E-state index in [2.05, 4.69) is 6.92 Å². The lowest BCUT2D eigenvalue weighted by atomic mass is 9.93. The van der Waals surface area contributed by atoms with Crippen LogP contribution in [0.3, 0.4) is 0 Å². The first kappa shape index (κ1) is 8.85. The van der Waals surface area contributed by atoms with Crippen LogP contribution in [0.15, 0.2) is 0 Å². The van der Waals surface area contributed by atoms with E-state index in [1.165, 1.54) is 6.42 Å². The topological polar surface area (TPSA) is 18.5 Å². The average Bonchev–Trinajstić information content (AvgIpc) is 2.48. The van der Waals surface area contributed by atoms with E-state index in [1.807, 2.05) is 11.8 Å². The summed E-state index contributed by atoms with van der Waals surface area (Å²) >= 11 is 1.97. The molecule has 0 spiro atoms. The fraction of sp³-hybridized carbons (Fsp3) is 1.00. The van der Waals surface area contributed by atoms with Crippen LogP contribution < -0.4 is 0 Å². The minimum Gasteiger partial charge on any atom is -0.372 e. The minimum absolute atomic E-state index is 0.0810. The van der Waals surface area contributed by atoms with Gasteiger partial charge in [0.15, 0.2) is 0 Å². The molecule has 2 fully saturated rings. The van der Waals surface area contributed by atoms with Gasteiger partial charge in [0.05, 0.1) is 19.3 Å². The van der Waals surface area contributed by atoms with Gasteiger partial charge in [-0.15, -0.1) is 0 Å². The van der Waals surface area contributed by atoms with Crippen molar-refractivity contribution in [3.05, 3.63) is 0 Å². The van der Waals surface area contributed by atoms with Crippen molar-refractivity contribution < 1.29 is 9.47 Å². The van der Waals surface area contributed by atoms with Crippen LogP contribution in [0.1, 0.15) is 19.8 Å². The molecular weight excluding hydrogens is 172 g/mol. The van der Waals surface area contributed by atoms with Gasteiger partial charge < -0.3 is 9.47 Å². The largest absolute Gasteiger partial charge is 0.372 e. The molecule has 0 N–H and O–H groups in total. The summed E-state index contributed by atoms with van der Waals surface area (Å²) in [4.78, 5) is 0. The standard InChI is InChI=1S/C9H16O2S/c1-2-3-9-7-12-6-8(9)10-4-5-11-9/h8H,2-7H2,1H3. The third-order valence-electron chi connectivity index (χ3n) is 2.67. The van der Waals surface area contributed by atoms with Gasteiger partial charge >= 0.3 is 0 Å². The summed E-state index contributed by atoms with van der Waals surface area (Å²) in [5.41, 5.74) is 0.0810. The van der Waals surface area contributed by atoms with Crippen LogP contribution in [0.5, 0.6) is 0 Å². The molecule has 2 saturated heterocycles. The predicted octanol–water partition coefficient (Wildman–Crippen LogP) is 1.69. The third-order valence-corrected chi connectivity index (χ3v) is 3.90. The van der Waals surface area contributed by atoms with E-state index >= 15 is 0 Å². The number of hydrogen-bond donors (Lipinski definition) is 0. The van der Waals surface area contributed by atoms with Gasteiger partial charge in [0.2, 0.25) is 0 Å².